The molecule has 0 aliphatic carbocycles. The average molecular weight is 376 g/mol. The summed E-state index contributed by atoms with van der Waals surface area (Å²) in [5, 5.41) is 2.99. The Hall–Kier alpha value is -1.51. The second kappa shape index (κ2) is 15.5. The van der Waals surface area contributed by atoms with E-state index in [1.165, 1.54) is 57.8 Å². The van der Waals surface area contributed by atoms with Crippen molar-refractivity contribution in [2.24, 2.45) is 0 Å². The van der Waals surface area contributed by atoms with E-state index in [1.807, 2.05) is 24.3 Å². The minimum Gasteiger partial charge on any atom is -0.491 e. The third-order valence-corrected chi connectivity index (χ3v) is 5.04. The summed E-state index contributed by atoms with van der Waals surface area (Å²) in [5.74, 6) is 0.920. The van der Waals surface area contributed by atoms with Gasteiger partial charge >= 0.3 is 0 Å². The summed E-state index contributed by atoms with van der Waals surface area (Å²) in [7, 11) is 0. The molecule has 0 spiro atoms. The number of carbonyl (C=O) groups is 1. The number of amides is 1. The van der Waals surface area contributed by atoms with E-state index in [0.29, 0.717) is 6.42 Å². The summed E-state index contributed by atoms with van der Waals surface area (Å²) in [4.78, 5) is 12.1. The van der Waals surface area contributed by atoms with Crippen LogP contribution >= 0.6 is 0 Å². The number of benzene rings is 1. The molecule has 154 valence electrons. The van der Waals surface area contributed by atoms with Crippen LogP contribution in [0.2, 0.25) is 0 Å². The molecule has 0 aliphatic heterocycles. The highest BCUT2D eigenvalue weighted by Gasteiger charge is 2.05. The quantitative estimate of drug-likeness (QED) is 0.304. The smallest absolute Gasteiger partial charge is 0.224 e. The number of anilines is 1. The Morgan fingerprint density at radius 1 is 0.926 bits per heavy atom. The summed E-state index contributed by atoms with van der Waals surface area (Å²) in [6, 6.07) is 7.69. The van der Waals surface area contributed by atoms with E-state index in [4.69, 9.17) is 4.74 Å². The van der Waals surface area contributed by atoms with Gasteiger partial charge in [0.2, 0.25) is 5.91 Å². The molecule has 1 unspecified atom stereocenters. The van der Waals surface area contributed by atoms with Crippen molar-refractivity contribution < 1.29 is 9.53 Å². The van der Waals surface area contributed by atoms with Crippen LogP contribution in [0.4, 0.5) is 5.69 Å². The fraction of sp³-hybridized carbons (Fsp3) is 0.708. The molecule has 0 radical (unpaired) electrons. The molecule has 1 N–H and O–H groups in total. The van der Waals surface area contributed by atoms with Gasteiger partial charge in [-0.05, 0) is 31.9 Å². The summed E-state index contributed by atoms with van der Waals surface area (Å²) in [6.07, 6.45) is 16.1. The predicted octanol–water partition coefficient (Wildman–Crippen LogP) is 7.50. The van der Waals surface area contributed by atoms with E-state index in [1.54, 1.807) is 0 Å². The molecule has 0 saturated heterocycles. The van der Waals surface area contributed by atoms with Crippen molar-refractivity contribution in [1.82, 2.24) is 0 Å². The van der Waals surface area contributed by atoms with Crippen molar-refractivity contribution in [2.45, 2.75) is 110 Å². The Labute approximate surface area is 167 Å². The zero-order valence-corrected chi connectivity index (χ0v) is 17.9. The first-order valence-electron chi connectivity index (χ1n) is 11.2. The van der Waals surface area contributed by atoms with Gasteiger partial charge in [0.05, 0.1) is 6.10 Å². The highest BCUT2D eigenvalue weighted by molar-refractivity contribution is 5.90. The van der Waals surface area contributed by atoms with E-state index < -0.39 is 0 Å². The van der Waals surface area contributed by atoms with Gasteiger partial charge in [0.15, 0.2) is 0 Å². The molecule has 1 rings (SSSR count). The lowest BCUT2D eigenvalue weighted by Gasteiger charge is -2.13. The second-order valence-corrected chi connectivity index (χ2v) is 7.70. The molecule has 3 nitrogen and oxygen atoms in total. The Kier molecular flexibility index (Phi) is 13.5. The van der Waals surface area contributed by atoms with Crippen molar-refractivity contribution in [3.05, 3.63) is 24.3 Å². The van der Waals surface area contributed by atoms with Crippen LogP contribution in [0.1, 0.15) is 104 Å². The summed E-state index contributed by atoms with van der Waals surface area (Å²) >= 11 is 0. The van der Waals surface area contributed by atoms with Crippen molar-refractivity contribution in [1.29, 1.82) is 0 Å². The third-order valence-electron chi connectivity index (χ3n) is 5.04. The number of carbonyl (C=O) groups excluding carboxylic acids is 1. The average Bonchev–Trinajstić information content (AvgIpc) is 2.66. The number of hydrogen-bond donors (Lipinski definition) is 1. The topological polar surface area (TPSA) is 38.3 Å². The van der Waals surface area contributed by atoms with Crippen LogP contribution in [0, 0.1) is 0 Å². The number of rotatable bonds is 16. The molecule has 1 atom stereocenters. The molecule has 1 aromatic carbocycles. The van der Waals surface area contributed by atoms with Crippen molar-refractivity contribution >= 4 is 11.6 Å². The predicted molar refractivity (Wildman–Crippen MR) is 117 cm³/mol. The van der Waals surface area contributed by atoms with Gasteiger partial charge in [-0.3, -0.25) is 4.79 Å². The largest absolute Gasteiger partial charge is 0.491 e. The molecular formula is C24H41NO2. The Bertz CT molecular complexity index is 501. The van der Waals surface area contributed by atoms with Gasteiger partial charge in [0.25, 0.3) is 0 Å². The molecule has 0 fully saturated rings. The Morgan fingerprint density at radius 2 is 1.52 bits per heavy atom. The van der Waals surface area contributed by atoms with Crippen LogP contribution in [0.25, 0.3) is 0 Å². The maximum atomic E-state index is 12.1. The molecular weight excluding hydrogens is 334 g/mol. The van der Waals surface area contributed by atoms with Gasteiger partial charge in [-0.15, -0.1) is 0 Å². The van der Waals surface area contributed by atoms with Crippen LogP contribution < -0.4 is 10.1 Å². The fourth-order valence-electron chi connectivity index (χ4n) is 3.14. The lowest BCUT2D eigenvalue weighted by Crippen LogP contribution is -2.12. The highest BCUT2D eigenvalue weighted by Crippen LogP contribution is 2.20. The van der Waals surface area contributed by atoms with Gasteiger partial charge < -0.3 is 10.1 Å². The number of nitrogens with one attached hydrogen (secondary N) is 1. The summed E-state index contributed by atoms with van der Waals surface area (Å²) in [5.41, 5.74) is 0.823. The molecule has 0 saturated carbocycles. The van der Waals surface area contributed by atoms with E-state index in [0.717, 1.165) is 30.7 Å². The van der Waals surface area contributed by atoms with Gasteiger partial charge in [0.1, 0.15) is 5.75 Å². The zero-order valence-electron chi connectivity index (χ0n) is 17.9. The van der Waals surface area contributed by atoms with E-state index in [-0.39, 0.29) is 12.0 Å². The fourth-order valence-corrected chi connectivity index (χ4v) is 3.14. The van der Waals surface area contributed by atoms with Crippen LogP contribution in [0.15, 0.2) is 24.3 Å². The normalized spacial score (nSPS) is 12.0. The molecule has 3 heteroatoms. The van der Waals surface area contributed by atoms with Gasteiger partial charge in [-0.1, -0.05) is 84.1 Å². The summed E-state index contributed by atoms with van der Waals surface area (Å²) < 4.78 is 5.81. The highest BCUT2D eigenvalue weighted by atomic mass is 16.5. The van der Waals surface area contributed by atoms with Crippen molar-refractivity contribution in [2.75, 3.05) is 5.32 Å². The molecule has 0 aromatic heterocycles. The number of hydrogen-bond acceptors (Lipinski definition) is 2. The van der Waals surface area contributed by atoms with Gasteiger partial charge in [-0.25, -0.2) is 0 Å². The molecule has 1 amide bonds. The van der Waals surface area contributed by atoms with Crippen LogP contribution in [0.5, 0.6) is 5.75 Å². The van der Waals surface area contributed by atoms with E-state index >= 15 is 0 Å². The number of unbranched alkanes of at least 4 members (excludes halogenated alkanes) is 10. The first kappa shape index (κ1) is 23.5. The molecule has 1 aromatic rings. The lowest BCUT2D eigenvalue weighted by molar-refractivity contribution is -0.116. The Morgan fingerprint density at radius 3 is 2.11 bits per heavy atom. The minimum atomic E-state index is 0.103. The van der Waals surface area contributed by atoms with E-state index in [9.17, 15) is 4.79 Å². The number of ether oxygens (including phenoxy) is 1. The molecule has 0 heterocycles. The van der Waals surface area contributed by atoms with Gasteiger partial charge in [-0.2, -0.15) is 0 Å². The van der Waals surface area contributed by atoms with Crippen LogP contribution in [-0.4, -0.2) is 12.0 Å². The van der Waals surface area contributed by atoms with Crippen molar-refractivity contribution in [3.8, 4) is 5.75 Å². The molecule has 0 aliphatic rings. The maximum absolute atomic E-state index is 12.1. The first-order chi connectivity index (χ1) is 13.2. The van der Waals surface area contributed by atoms with E-state index in [2.05, 4.69) is 26.1 Å². The monoisotopic (exact) mass is 375 g/mol. The zero-order chi connectivity index (χ0) is 19.7. The van der Waals surface area contributed by atoms with Crippen LogP contribution in [-0.2, 0) is 4.79 Å². The summed E-state index contributed by atoms with van der Waals surface area (Å²) in [6.45, 7) is 6.42. The standard InChI is InChI=1S/C24H41NO2/c1-4-6-7-8-9-10-11-12-13-14-15-19-24(26)25-22-17-16-18-23(20-22)27-21(3)5-2/h16-18,20-21H,4-15,19H2,1-3H3,(H,25,26). The molecule has 0 bridgehead atoms. The first-order valence-corrected chi connectivity index (χ1v) is 11.2. The van der Waals surface area contributed by atoms with Gasteiger partial charge in [0, 0.05) is 18.2 Å². The maximum Gasteiger partial charge on any atom is 0.224 e. The van der Waals surface area contributed by atoms with Crippen LogP contribution in [0.3, 0.4) is 0 Å². The molecule has 27 heavy (non-hydrogen) atoms. The third kappa shape index (κ3) is 12.5. The SMILES string of the molecule is CCCCCCCCCCCCCC(=O)Nc1cccc(OC(C)CC)c1. The second-order valence-electron chi connectivity index (χ2n) is 7.70. The Balaban J connectivity index is 2.06. The minimum absolute atomic E-state index is 0.103. The lowest BCUT2D eigenvalue weighted by atomic mass is 10.1. The van der Waals surface area contributed by atoms with Crippen molar-refractivity contribution in [3.63, 3.8) is 0 Å².